The van der Waals surface area contributed by atoms with Crippen molar-refractivity contribution in [2.24, 2.45) is 0 Å². The molecule has 25 heavy (non-hydrogen) atoms. The number of benzene rings is 1. The first-order chi connectivity index (χ1) is 12.1. The van der Waals surface area contributed by atoms with Crippen molar-refractivity contribution in [2.45, 2.75) is 33.0 Å². The van der Waals surface area contributed by atoms with Crippen LogP contribution in [-0.2, 0) is 16.1 Å². The van der Waals surface area contributed by atoms with E-state index in [9.17, 15) is 4.79 Å². The highest BCUT2D eigenvalue weighted by Crippen LogP contribution is 2.17. The van der Waals surface area contributed by atoms with Crippen LogP contribution in [0.1, 0.15) is 23.5 Å². The Morgan fingerprint density at radius 1 is 1.24 bits per heavy atom. The van der Waals surface area contributed by atoms with Crippen molar-refractivity contribution >= 4 is 5.91 Å². The molecule has 0 radical (unpaired) electrons. The molecule has 1 fully saturated rings. The van der Waals surface area contributed by atoms with Crippen LogP contribution in [0, 0.1) is 13.8 Å². The van der Waals surface area contributed by atoms with Gasteiger partial charge in [-0.3, -0.25) is 4.79 Å². The summed E-state index contributed by atoms with van der Waals surface area (Å²) in [6.45, 7) is 5.54. The lowest BCUT2D eigenvalue weighted by Gasteiger charge is -2.17. The van der Waals surface area contributed by atoms with Crippen LogP contribution in [-0.4, -0.2) is 46.6 Å². The third kappa shape index (κ3) is 5.00. The van der Waals surface area contributed by atoms with Crippen molar-refractivity contribution in [3.63, 3.8) is 0 Å². The third-order valence-corrected chi connectivity index (χ3v) is 4.06. The normalized spacial score (nSPS) is 16.9. The number of aromatic nitrogens is 2. The SMILES string of the molecule is Cc1cc(O[C@@H]2CCN(C(=O)COCc3ccccc3)C2)nc(C)n1. The van der Waals surface area contributed by atoms with E-state index in [1.165, 1.54) is 0 Å². The van der Waals surface area contributed by atoms with Gasteiger partial charge in [0, 0.05) is 24.7 Å². The predicted molar refractivity (Wildman–Crippen MR) is 93.2 cm³/mol. The van der Waals surface area contributed by atoms with Gasteiger partial charge in [0.1, 0.15) is 18.5 Å². The van der Waals surface area contributed by atoms with E-state index in [1.807, 2.05) is 50.2 Å². The number of hydrogen-bond donors (Lipinski definition) is 0. The summed E-state index contributed by atoms with van der Waals surface area (Å²) in [4.78, 5) is 22.6. The van der Waals surface area contributed by atoms with Crippen LogP contribution < -0.4 is 4.74 Å². The molecule has 2 aromatic rings. The molecule has 0 bridgehead atoms. The van der Waals surface area contributed by atoms with Crippen LogP contribution in [0.15, 0.2) is 36.4 Å². The van der Waals surface area contributed by atoms with Gasteiger partial charge < -0.3 is 14.4 Å². The fraction of sp³-hybridized carbons (Fsp3) is 0.421. The lowest BCUT2D eigenvalue weighted by atomic mass is 10.2. The molecule has 6 nitrogen and oxygen atoms in total. The number of likely N-dealkylation sites (tertiary alicyclic amines) is 1. The van der Waals surface area contributed by atoms with Gasteiger partial charge in [-0.25, -0.2) is 4.98 Å². The Hall–Kier alpha value is -2.47. The molecule has 0 spiro atoms. The minimum absolute atomic E-state index is 0.00270. The zero-order valence-electron chi connectivity index (χ0n) is 14.6. The summed E-state index contributed by atoms with van der Waals surface area (Å²) in [5, 5.41) is 0. The zero-order valence-corrected chi connectivity index (χ0v) is 14.6. The molecule has 1 aliphatic heterocycles. The summed E-state index contributed by atoms with van der Waals surface area (Å²) in [5.41, 5.74) is 1.94. The summed E-state index contributed by atoms with van der Waals surface area (Å²) in [6, 6.07) is 11.7. The van der Waals surface area contributed by atoms with Crippen LogP contribution in [0.4, 0.5) is 0 Å². The topological polar surface area (TPSA) is 64.5 Å². The Kier molecular flexibility index (Phi) is 5.60. The van der Waals surface area contributed by atoms with Crippen LogP contribution in [0.2, 0.25) is 0 Å². The number of aryl methyl sites for hydroxylation is 2. The van der Waals surface area contributed by atoms with Gasteiger partial charge in [-0.15, -0.1) is 0 Å². The molecule has 1 saturated heterocycles. The van der Waals surface area contributed by atoms with E-state index in [4.69, 9.17) is 9.47 Å². The number of nitrogens with zero attached hydrogens (tertiary/aromatic N) is 3. The number of hydrogen-bond acceptors (Lipinski definition) is 5. The van der Waals surface area contributed by atoms with E-state index in [0.717, 1.165) is 17.7 Å². The summed E-state index contributed by atoms with van der Waals surface area (Å²) >= 11 is 0. The van der Waals surface area contributed by atoms with Gasteiger partial charge in [-0.2, -0.15) is 4.98 Å². The molecule has 0 aliphatic carbocycles. The second-order valence-corrected chi connectivity index (χ2v) is 6.24. The maximum absolute atomic E-state index is 12.3. The molecule has 0 N–H and O–H groups in total. The monoisotopic (exact) mass is 341 g/mol. The molecule has 132 valence electrons. The van der Waals surface area contributed by atoms with Gasteiger partial charge in [0.05, 0.1) is 13.2 Å². The van der Waals surface area contributed by atoms with Crippen molar-refractivity contribution in [2.75, 3.05) is 19.7 Å². The van der Waals surface area contributed by atoms with E-state index >= 15 is 0 Å². The Morgan fingerprint density at radius 3 is 2.80 bits per heavy atom. The zero-order chi connectivity index (χ0) is 17.6. The predicted octanol–water partition coefficient (Wildman–Crippen LogP) is 2.29. The number of carbonyl (C=O) groups excluding carboxylic acids is 1. The van der Waals surface area contributed by atoms with Gasteiger partial charge in [-0.05, 0) is 19.4 Å². The first-order valence-electron chi connectivity index (χ1n) is 8.48. The van der Waals surface area contributed by atoms with E-state index in [1.54, 1.807) is 4.90 Å². The number of carbonyl (C=O) groups is 1. The average Bonchev–Trinajstić information content (AvgIpc) is 3.03. The second kappa shape index (κ2) is 8.07. The maximum atomic E-state index is 12.3. The van der Waals surface area contributed by atoms with Gasteiger partial charge in [0.25, 0.3) is 0 Å². The molecule has 0 unspecified atom stereocenters. The Morgan fingerprint density at radius 2 is 2.04 bits per heavy atom. The summed E-state index contributed by atoms with van der Waals surface area (Å²) in [7, 11) is 0. The molecule has 1 amide bonds. The van der Waals surface area contributed by atoms with E-state index in [-0.39, 0.29) is 18.6 Å². The number of ether oxygens (including phenoxy) is 2. The summed E-state index contributed by atoms with van der Waals surface area (Å²) in [5.74, 6) is 1.26. The fourth-order valence-corrected chi connectivity index (χ4v) is 2.89. The van der Waals surface area contributed by atoms with E-state index in [2.05, 4.69) is 9.97 Å². The van der Waals surface area contributed by atoms with Crippen LogP contribution >= 0.6 is 0 Å². The minimum Gasteiger partial charge on any atom is -0.472 e. The molecule has 0 saturated carbocycles. The Bertz CT molecular complexity index is 701. The van der Waals surface area contributed by atoms with Crippen LogP contribution in [0.25, 0.3) is 0 Å². The van der Waals surface area contributed by atoms with E-state index in [0.29, 0.717) is 31.4 Å². The van der Waals surface area contributed by atoms with Gasteiger partial charge in [0.15, 0.2) is 0 Å². The first kappa shape index (κ1) is 17.4. The smallest absolute Gasteiger partial charge is 0.248 e. The molecular formula is C19H23N3O3. The molecule has 2 heterocycles. The summed E-state index contributed by atoms with van der Waals surface area (Å²) in [6.07, 6.45) is 0.763. The largest absolute Gasteiger partial charge is 0.472 e. The van der Waals surface area contributed by atoms with Gasteiger partial charge in [0.2, 0.25) is 11.8 Å². The average molecular weight is 341 g/mol. The molecule has 1 aromatic carbocycles. The molecule has 1 aromatic heterocycles. The van der Waals surface area contributed by atoms with Crippen LogP contribution in [0.3, 0.4) is 0 Å². The first-order valence-corrected chi connectivity index (χ1v) is 8.48. The van der Waals surface area contributed by atoms with E-state index < -0.39 is 0 Å². The van der Waals surface area contributed by atoms with Crippen LogP contribution in [0.5, 0.6) is 5.88 Å². The van der Waals surface area contributed by atoms with Crippen molar-refractivity contribution in [3.05, 3.63) is 53.5 Å². The maximum Gasteiger partial charge on any atom is 0.248 e. The quantitative estimate of drug-likeness (QED) is 0.807. The van der Waals surface area contributed by atoms with Crippen molar-refractivity contribution in [1.82, 2.24) is 14.9 Å². The number of amides is 1. The van der Waals surface area contributed by atoms with Crippen molar-refractivity contribution in [1.29, 1.82) is 0 Å². The highest BCUT2D eigenvalue weighted by molar-refractivity contribution is 5.77. The lowest BCUT2D eigenvalue weighted by Crippen LogP contribution is -2.33. The Balaban J connectivity index is 1.44. The lowest BCUT2D eigenvalue weighted by molar-refractivity contribution is -0.135. The van der Waals surface area contributed by atoms with Crippen molar-refractivity contribution < 1.29 is 14.3 Å². The molecular weight excluding hydrogens is 318 g/mol. The fourth-order valence-electron chi connectivity index (χ4n) is 2.89. The molecule has 1 aliphatic rings. The number of rotatable bonds is 6. The minimum atomic E-state index is -0.0354. The highest BCUT2D eigenvalue weighted by Gasteiger charge is 2.28. The third-order valence-electron chi connectivity index (χ3n) is 4.06. The standard InChI is InChI=1S/C19H23N3O3/c1-14-10-18(21-15(2)20-14)25-17-8-9-22(11-17)19(23)13-24-12-16-6-4-3-5-7-16/h3-7,10,17H,8-9,11-13H2,1-2H3/t17-/m1/s1. The van der Waals surface area contributed by atoms with Crippen molar-refractivity contribution in [3.8, 4) is 5.88 Å². The van der Waals surface area contributed by atoms with Gasteiger partial charge in [-0.1, -0.05) is 30.3 Å². The molecule has 6 heteroatoms. The van der Waals surface area contributed by atoms with Gasteiger partial charge >= 0.3 is 0 Å². The summed E-state index contributed by atoms with van der Waals surface area (Å²) < 4.78 is 11.4. The second-order valence-electron chi connectivity index (χ2n) is 6.24. The molecule has 1 atom stereocenters. The molecule has 3 rings (SSSR count). The highest BCUT2D eigenvalue weighted by atomic mass is 16.5. The Labute approximate surface area is 147 Å².